The van der Waals surface area contributed by atoms with E-state index in [0.29, 0.717) is 18.2 Å². The third-order valence-electron chi connectivity index (χ3n) is 4.20. The first kappa shape index (κ1) is 14.9. The van der Waals surface area contributed by atoms with Gasteiger partial charge in [0.25, 0.3) is 0 Å². The molecule has 0 aromatic carbocycles. The van der Waals surface area contributed by atoms with Gasteiger partial charge in [-0.15, -0.1) is 0 Å². The standard InChI is InChI=1S/C14H30N2O/c1-4-12(5-2)16(10-9-15)13-7-6-8-14(11-13)17-3/h12-14H,4-11,15H2,1-3H3. The van der Waals surface area contributed by atoms with Crippen LogP contribution < -0.4 is 5.73 Å². The van der Waals surface area contributed by atoms with E-state index < -0.39 is 0 Å². The summed E-state index contributed by atoms with van der Waals surface area (Å²) in [5.41, 5.74) is 5.78. The fourth-order valence-electron chi connectivity index (χ4n) is 3.21. The highest BCUT2D eigenvalue weighted by molar-refractivity contribution is 4.84. The first-order valence-electron chi connectivity index (χ1n) is 7.25. The lowest BCUT2D eigenvalue weighted by Crippen LogP contribution is -2.48. The van der Waals surface area contributed by atoms with E-state index in [0.717, 1.165) is 13.1 Å². The fraction of sp³-hybridized carbons (Fsp3) is 1.00. The molecule has 2 unspecified atom stereocenters. The van der Waals surface area contributed by atoms with E-state index in [9.17, 15) is 0 Å². The molecule has 2 N–H and O–H groups in total. The van der Waals surface area contributed by atoms with E-state index in [-0.39, 0.29) is 0 Å². The van der Waals surface area contributed by atoms with Crippen molar-refractivity contribution >= 4 is 0 Å². The summed E-state index contributed by atoms with van der Waals surface area (Å²) in [5.74, 6) is 0. The highest BCUT2D eigenvalue weighted by atomic mass is 16.5. The number of methoxy groups -OCH3 is 1. The van der Waals surface area contributed by atoms with Gasteiger partial charge in [0.2, 0.25) is 0 Å². The molecule has 0 aliphatic heterocycles. The summed E-state index contributed by atoms with van der Waals surface area (Å²) in [5, 5.41) is 0. The summed E-state index contributed by atoms with van der Waals surface area (Å²) in [6.07, 6.45) is 7.94. The second kappa shape index (κ2) is 8.06. The van der Waals surface area contributed by atoms with Crippen LogP contribution in [-0.4, -0.2) is 43.3 Å². The van der Waals surface area contributed by atoms with Gasteiger partial charge in [-0.05, 0) is 38.5 Å². The Balaban J connectivity index is 2.61. The second-order valence-electron chi connectivity index (χ2n) is 5.17. The van der Waals surface area contributed by atoms with Crippen molar-refractivity contribution in [2.45, 2.75) is 70.6 Å². The molecule has 1 fully saturated rings. The van der Waals surface area contributed by atoms with Gasteiger partial charge in [0, 0.05) is 32.3 Å². The van der Waals surface area contributed by atoms with Gasteiger partial charge in [-0.3, -0.25) is 4.90 Å². The van der Waals surface area contributed by atoms with Crippen molar-refractivity contribution < 1.29 is 4.74 Å². The van der Waals surface area contributed by atoms with Crippen molar-refractivity contribution in [2.75, 3.05) is 20.2 Å². The average Bonchev–Trinajstić information content (AvgIpc) is 2.39. The molecule has 0 aromatic rings. The Hall–Kier alpha value is -0.120. The maximum atomic E-state index is 5.78. The summed E-state index contributed by atoms with van der Waals surface area (Å²) in [4.78, 5) is 2.64. The van der Waals surface area contributed by atoms with Crippen molar-refractivity contribution in [3.63, 3.8) is 0 Å². The third-order valence-corrected chi connectivity index (χ3v) is 4.20. The first-order chi connectivity index (χ1) is 8.26. The Morgan fingerprint density at radius 2 is 2.00 bits per heavy atom. The van der Waals surface area contributed by atoms with Crippen LogP contribution in [-0.2, 0) is 4.74 Å². The van der Waals surface area contributed by atoms with Crippen LogP contribution in [0.15, 0.2) is 0 Å². The number of rotatable bonds is 7. The molecular formula is C14H30N2O. The van der Waals surface area contributed by atoms with E-state index in [1.165, 1.54) is 38.5 Å². The highest BCUT2D eigenvalue weighted by Gasteiger charge is 2.29. The molecule has 0 radical (unpaired) electrons. The Morgan fingerprint density at radius 1 is 1.29 bits per heavy atom. The van der Waals surface area contributed by atoms with Crippen LogP contribution in [0.1, 0.15) is 52.4 Å². The number of hydrogen-bond donors (Lipinski definition) is 1. The normalized spacial score (nSPS) is 25.8. The van der Waals surface area contributed by atoms with E-state index in [1.807, 2.05) is 7.11 Å². The zero-order valence-corrected chi connectivity index (χ0v) is 11.8. The molecule has 0 spiro atoms. The monoisotopic (exact) mass is 242 g/mol. The smallest absolute Gasteiger partial charge is 0.0586 e. The molecule has 0 heterocycles. The van der Waals surface area contributed by atoms with Gasteiger partial charge in [0.15, 0.2) is 0 Å². The first-order valence-corrected chi connectivity index (χ1v) is 7.25. The van der Waals surface area contributed by atoms with Crippen LogP contribution in [0.5, 0.6) is 0 Å². The van der Waals surface area contributed by atoms with Crippen LogP contribution in [0.4, 0.5) is 0 Å². The minimum absolute atomic E-state index is 0.461. The maximum Gasteiger partial charge on any atom is 0.0586 e. The van der Waals surface area contributed by atoms with Crippen molar-refractivity contribution in [3.05, 3.63) is 0 Å². The van der Waals surface area contributed by atoms with Crippen LogP contribution in [0, 0.1) is 0 Å². The fourth-order valence-corrected chi connectivity index (χ4v) is 3.21. The molecule has 17 heavy (non-hydrogen) atoms. The van der Waals surface area contributed by atoms with Gasteiger partial charge in [-0.2, -0.15) is 0 Å². The molecule has 3 heteroatoms. The molecule has 0 bridgehead atoms. The number of hydrogen-bond acceptors (Lipinski definition) is 3. The lowest BCUT2D eigenvalue weighted by Gasteiger charge is -2.41. The second-order valence-corrected chi connectivity index (χ2v) is 5.17. The molecule has 1 rings (SSSR count). The summed E-state index contributed by atoms with van der Waals surface area (Å²) < 4.78 is 5.54. The summed E-state index contributed by atoms with van der Waals surface area (Å²) in [6, 6.07) is 1.38. The third kappa shape index (κ3) is 4.23. The van der Waals surface area contributed by atoms with Gasteiger partial charge in [0.1, 0.15) is 0 Å². The molecule has 3 nitrogen and oxygen atoms in total. The van der Waals surface area contributed by atoms with Gasteiger partial charge in [-0.25, -0.2) is 0 Å². The molecule has 1 aliphatic carbocycles. The van der Waals surface area contributed by atoms with E-state index >= 15 is 0 Å². The van der Waals surface area contributed by atoms with Crippen LogP contribution in [0.3, 0.4) is 0 Å². The molecule has 0 amide bonds. The Morgan fingerprint density at radius 3 is 2.53 bits per heavy atom. The van der Waals surface area contributed by atoms with E-state index in [2.05, 4.69) is 18.7 Å². The van der Waals surface area contributed by atoms with Crippen molar-refractivity contribution in [1.29, 1.82) is 0 Å². The summed E-state index contributed by atoms with van der Waals surface area (Å²) >= 11 is 0. The Kier molecular flexibility index (Phi) is 7.09. The van der Waals surface area contributed by atoms with E-state index in [1.54, 1.807) is 0 Å². The zero-order valence-electron chi connectivity index (χ0n) is 11.8. The molecule has 1 aliphatic rings. The molecule has 0 aromatic heterocycles. The Labute approximate surface area is 107 Å². The molecule has 2 atom stereocenters. The van der Waals surface area contributed by atoms with Gasteiger partial charge in [-0.1, -0.05) is 13.8 Å². The predicted octanol–water partition coefficient (Wildman–Crippen LogP) is 2.39. The minimum Gasteiger partial charge on any atom is -0.381 e. The lowest BCUT2D eigenvalue weighted by atomic mass is 9.90. The van der Waals surface area contributed by atoms with Crippen LogP contribution in [0.25, 0.3) is 0 Å². The summed E-state index contributed by atoms with van der Waals surface area (Å²) in [6.45, 7) is 6.38. The van der Waals surface area contributed by atoms with Crippen molar-refractivity contribution in [1.82, 2.24) is 4.90 Å². The van der Waals surface area contributed by atoms with Crippen molar-refractivity contribution in [2.24, 2.45) is 5.73 Å². The number of ether oxygens (including phenoxy) is 1. The van der Waals surface area contributed by atoms with Crippen LogP contribution >= 0.6 is 0 Å². The highest BCUT2D eigenvalue weighted by Crippen LogP contribution is 2.27. The predicted molar refractivity (Wildman–Crippen MR) is 73.2 cm³/mol. The van der Waals surface area contributed by atoms with Gasteiger partial charge >= 0.3 is 0 Å². The van der Waals surface area contributed by atoms with Crippen molar-refractivity contribution in [3.8, 4) is 0 Å². The topological polar surface area (TPSA) is 38.5 Å². The quantitative estimate of drug-likeness (QED) is 0.745. The van der Waals surface area contributed by atoms with Gasteiger partial charge in [0.05, 0.1) is 6.10 Å². The molecular weight excluding hydrogens is 212 g/mol. The molecule has 102 valence electrons. The largest absolute Gasteiger partial charge is 0.381 e. The molecule has 0 saturated heterocycles. The zero-order chi connectivity index (χ0) is 12.7. The number of nitrogens with zero attached hydrogens (tertiary/aromatic N) is 1. The Bertz CT molecular complexity index is 195. The molecule has 1 saturated carbocycles. The number of nitrogens with two attached hydrogens (primary N) is 1. The maximum absolute atomic E-state index is 5.78. The lowest BCUT2D eigenvalue weighted by molar-refractivity contribution is 0.0137. The van der Waals surface area contributed by atoms with Gasteiger partial charge < -0.3 is 10.5 Å². The minimum atomic E-state index is 0.461. The SMILES string of the molecule is CCC(CC)N(CCN)C1CCCC(OC)C1. The van der Waals surface area contributed by atoms with Crippen LogP contribution in [0.2, 0.25) is 0 Å². The van der Waals surface area contributed by atoms with E-state index in [4.69, 9.17) is 10.5 Å². The summed E-state index contributed by atoms with van der Waals surface area (Å²) in [7, 11) is 1.84. The average molecular weight is 242 g/mol.